The van der Waals surface area contributed by atoms with E-state index in [1.807, 2.05) is 26.2 Å². The van der Waals surface area contributed by atoms with Crippen LogP contribution >= 0.6 is 11.3 Å². The fourth-order valence-corrected chi connectivity index (χ4v) is 2.38. The summed E-state index contributed by atoms with van der Waals surface area (Å²) >= 11 is 1.53. The summed E-state index contributed by atoms with van der Waals surface area (Å²) in [5, 5.41) is 22.9. The molecule has 0 saturated heterocycles. The number of nitrogens with zero attached hydrogens (tertiary/aromatic N) is 1. The number of aromatic nitrogens is 1. The van der Waals surface area contributed by atoms with Crippen LogP contribution in [0.2, 0.25) is 0 Å². The molecule has 0 amide bonds. The first-order chi connectivity index (χ1) is 7.01. The first-order valence-corrected chi connectivity index (χ1v) is 6.21. The fraction of sp³-hybridized carbons (Fsp3) is 0.727. The molecule has 0 aliphatic heterocycles. The number of rotatable bonds is 5. The zero-order chi connectivity index (χ0) is 11.5. The number of hydrogen-bond acceptors (Lipinski definition) is 4. The van der Waals surface area contributed by atoms with Gasteiger partial charge < -0.3 is 10.2 Å². The molecule has 0 aromatic carbocycles. The van der Waals surface area contributed by atoms with Crippen molar-refractivity contribution >= 4 is 11.3 Å². The molecule has 0 aliphatic rings. The molecule has 0 spiro atoms. The van der Waals surface area contributed by atoms with E-state index in [4.69, 9.17) is 0 Å². The third-order valence-corrected chi connectivity index (χ3v) is 3.87. The number of hydrogen-bond donors (Lipinski definition) is 2. The SMILES string of the molecule is CCC(O)(CC)C(O)Cc1nc(C)cs1. The molecule has 1 aromatic heterocycles. The Kier molecular flexibility index (Phi) is 4.25. The minimum absolute atomic E-state index is 0.441. The van der Waals surface area contributed by atoms with E-state index in [9.17, 15) is 10.2 Å². The van der Waals surface area contributed by atoms with Gasteiger partial charge in [0.05, 0.1) is 16.7 Å². The molecule has 0 bridgehead atoms. The third kappa shape index (κ3) is 3.00. The summed E-state index contributed by atoms with van der Waals surface area (Å²) in [5.74, 6) is 0. The second kappa shape index (κ2) is 5.05. The first-order valence-electron chi connectivity index (χ1n) is 5.33. The van der Waals surface area contributed by atoms with E-state index >= 15 is 0 Å². The van der Waals surface area contributed by atoms with Crippen molar-refractivity contribution in [3.8, 4) is 0 Å². The highest BCUT2D eigenvalue weighted by Gasteiger charge is 2.32. The van der Waals surface area contributed by atoms with Gasteiger partial charge in [0.15, 0.2) is 0 Å². The van der Waals surface area contributed by atoms with E-state index < -0.39 is 11.7 Å². The van der Waals surface area contributed by atoms with Crippen molar-refractivity contribution in [1.29, 1.82) is 0 Å². The van der Waals surface area contributed by atoms with Gasteiger partial charge in [0.25, 0.3) is 0 Å². The molecule has 1 aromatic rings. The molecule has 0 radical (unpaired) electrons. The van der Waals surface area contributed by atoms with Crippen molar-refractivity contribution in [2.75, 3.05) is 0 Å². The van der Waals surface area contributed by atoms with Crippen molar-refractivity contribution in [3.63, 3.8) is 0 Å². The van der Waals surface area contributed by atoms with Crippen LogP contribution in [-0.2, 0) is 6.42 Å². The van der Waals surface area contributed by atoms with Gasteiger partial charge in [0.1, 0.15) is 0 Å². The summed E-state index contributed by atoms with van der Waals surface area (Å²) in [7, 11) is 0. The molecule has 2 N–H and O–H groups in total. The van der Waals surface area contributed by atoms with E-state index in [0.29, 0.717) is 19.3 Å². The lowest BCUT2D eigenvalue weighted by atomic mass is 9.89. The van der Waals surface area contributed by atoms with E-state index in [-0.39, 0.29) is 0 Å². The number of aliphatic hydroxyl groups excluding tert-OH is 1. The molecular formula is C11H19NO2S. The van der Waals surface area contributed by atoms with E-state index in [2.05, 4.69) is 4.98 Å². The van der Waals surface area contributed by atoms with Crippen molar-refractivity contribution in [2.45, 2.75) is 51.7 Å². The number of aryl methyl sites for hydroxylation is 1. The minimum atomic E-state index is -0.973. The molecular weight excluding hydrogens is 210 g/mol. The molecule has 0 aliphatic carbocycles. The van der Waals surface area contributed by atoms with Gasteiger partial charge in [0.2, 0.25) is 0 Å². The van der Waals surface area contributed by atoms with Crippen molar-refractivity contribution in [2.24, 2.45) is 0 Å². The second-order valence-electron chi connectivity index (χ2n) is 3.91. The molecule has 86 valence electrons. The lowest BCUT2D eigenvalue weighted by molar-refractivity contribution is -0.0790. The highest BCUT2D eigenvalue weighted by molar-refractivity contribution is 7.09. The zero-order valence-corrected chi connectivity index (χ0v) is 10.3. The predicted molar refractivity (Wildman–Crippen MR) is 62.1 cm³/mol. The van der Waals surface area contributed by atoms with Gasteiger partial charge >= 0.3 is 0 Å². The van der Waals surface area contributed by atoms with Crippen LogP contribution in [0.25, 0.3) is 0 Å². The van der Waals surface area contributed by atoms with Gasteiger partial charge in [-0.15, -0.1) is 11.3 Å². The van der Waals surface area contributed by atoms with Crippen LogP contribution in [0.5, 0.6) is 0 Å². The van der Waals surface area contributed by atoms with Crippen LogP contribution in [0, 0.1) is 6.92 Å². The van der Waals surface area contributed by atoms with Gasteiger partial charge in [-0.05, 0) is 19.8 Å². The van der Waals surface area contributed by atoms with Gasteiger partial charge in [-0.1, -0.05) is 13.8 Å². The molecule has 0 fully saturated rings. The molecule has 4 heteroatoms. The van der Waals surface area contributed by atoms with Crippen LogP contribution in [-0.4, -0.2) is 26.9 Å². The molecule has 1 rings (SSSR count). The van der Waals surface area contributed by atoms with Gasteiger partial charge in [-0.3, -0.25) is 0 Å². The second-order valence-corrected chi connectivity index (χ2v) is 4.86. The quantitative estimate of drug-likeness (QED) is 0.811. The number of thiazole rings is 1. The van der Waals surface area contributed by atoms with Gasteiger partial charge in [-0.2, -0.15) is 0 Å². The highest BCUT2D eigenvalue weighted by atomic mass is 32.1. The Balaban J connectivity index is 2.65. The molecule has 15 heavy (non-hydrogen) atoms. The molecule has 1 heterocycles. The predicted octanol–water partition coefficient (Wildman–Crippen LogP) is 1.91. The summed E-state index contributed by atoms with van der Waals surface area (Å²) in [4.78, 5) is 4.28. The van der Waals surface area contributed by atoms with E-state index in [1.165, 1.54) is 11.3 Å². The number of aliphatic hydroxyl groups is 2. The van der Waals surface area contributed by atoms with Crippen molar-refractivity contribution in [3.05, 3.63) is 16.1 Å². The average molecular weight is 229 g/mol. The molecule has 1 unspecified atom stereocenters. The Hall–Kier alpha value is -0.450. The van der Waals surface area contributed by atoms with Crippen molar-refractivity contribution in [1.82, 2.24) is 4.98 Å². The van der Waals surface area contributed by atoms with E-state index in [1.54, 1.807) is 0 Å². The maximum absolute atomic E-state index is 10.1. The largest absolute Gasteiger partial charge is 0.390 e. The Bertz CT molecular complexity index is 307. The topological polar surface area (TPSA) is 53.4 Å². The van der Waals surface area contributed by atoms with Crippen LogP contribution in [0.15, 0.2) is 5.38 Å². The van der Waals surface area contributed by atoms with Crippen LogP contribution in [0.3, 0.4) is 0 Å². The van der Waals surface area contributed by atoms with Crippen LogP contribution < -0.4 is 0 Å². The summed E-state index contributed by atoms with van der Waals surface area (Å²) in [6.45, 7) is 5.71. The zero-order valence-electron chi connectivity index (χ0n) is 9.53. The molecule has 3 nitrogen and oxygen atoms in total. The van der Waals surface area contributed by atoms with Gasteiger partial charge in [-0.25, -0.2) is 4.98 Å². The van der Waals surface area contributed by atoms with Crippen LogP contribution in [0.1, 0.15) is 37.4 Å². The maximum Gasteiger partial charge on any atom is 0.0955 e. The summed E-state index contributed by atoms with van der Waals surface area (Å²) < 4.78 is 0. The average Bonchev–Trinajstić information content (AvgIpc) is 2.62. The fourth-order valence-electron chi connectivity index (χ4n) is 1.57. The smallest absolute Gasteiger partial charge is 0.0955 e. The van der Waals surface area contributed by atoms with Crippen LogP contribution in [0.4, 0.5) is 0 Å². The van der Waals surface area contributed by atoms with Crippen molar-refractivity contribution < 1.29 is 10.2 Å². The summed E-state index contributed by atoms with van der Waals surface area (Å²) in [5.41, 5.74) is -0.00159. The Morgan fingerprint density at radius 3 is 2.47 bits per heavy atom. The molecule has 1 atom stereocenters. The standard InChI is InChI=1S/C11H19NO2S/c1-4-11(14,5-2)9(13)6-10-12-8(3)7-15-10/h7,9,13-14H,4-6H2,1-3H3. The highest BCUT2D eigenvalue weighted by Crippen LogP contribution is 2.23. The lowest BCUT2D eigenvalue weighted by Crippen LogP contribution is -2.42. The summed E-state index contributed by atoms with van der Waals surface area (Å²) in [6, 6.07) is 0. The Morgan fingerprint density at radius 1 is 1.47 bits per heavy atom. The summed E-state index contributed by atoms with van der Waals surface area (Å²) in [6.07, 6.45) is 0.846. The maximum atomic E-state index is 10.1. The Labute approximate surface area is 94.8 Å². The monoisotopic (exact) mass is 229 g/mol. The Morgan fingerprint density at radius 2 is 2.07 bits per heavy atom. The lowest BCUT2D eigenvalue weighted by Gasteiger charge is -2.30. The first kappa shape index (κ1) is 12.6. The molecule has 0 saturated carbocycles. The third-order valence-electron chi connectivity index (χ3n) is 2.88. The van der Waals surface area contributed by atoms with Gasteiger partial charge in [0, 0.05) is 17.5 Å². The van der Waals surface area contributed by atoms with E-state index in [0.717, 1.165) is 10.7 Å². The normalized spacial score (nSPS) is 14.2. The minimum Gasteiger partial charge on any atom is -0.390 e.